The summed E-state index contributed by atoms with van der Waals surface area (Å²) in [6.45, 7) is 11.7. The van der Waals surface area contributed by atoms with E-state index < -0.39 is 0 Å². The normalized spacial score (nSPS) is 26.1. The Kier molecular flexibility index (Phi) is 4.97. The second kappa shape index (κ2) is 5.84. The standard InChI is InChI=1S/C14H27N3/c1-5-6-7-9-17-10-8-14(11-15,12-17)16-13(2,3)4/h16H,5-10,12H2,1-4H3. The van der Waals surface area contributed by atoms with Crippen LogP contribution in [0.4, 0.5) is 0 Å². The van der Waals surface area contributed by atoms with Gasteiger partial charge in [0, 0.05) is 18.6 Å². The van der Waals surface area contributed by atoms with E-state index >= 15 is 0 Å². The molecular weight excluding hydrogens is 210 g/mol. The van der Waals surface area contributed by atoms with Crippen LogP contribution >= 0.6 is 0 Å². The fourth-order valence-corrected chi connectivity index (χ4v) is 2.60. The third kappa shape index (κ3) is 4.65. The van der Waals surface area contributed by atoms with E-state index in [0.717, 1.165) is 26.1 Å². The summed E-state index contributed by atoms with van der Waals surface area (Å²) in [7, 11) is 0. The quantitative estimate of drug-likeness (QED) is 0.747. The Labute approximate surface area is 106 Å². The topological polar surface area (TPSA) is 39.1 Å². The molecular formula is C14H27N3. The summed E-state index contributed by atoms with van der Waals surface area (Å²) in [6, 6.07) is 2.50. The van der Waals surface area contributed by atoms with Crippen LogP contribution in [0.5, 0.6) is 0 Å². The van der Waals surface area contributed by atoms with E-state index in [1.54, 1.807) is 0 Å². The zero-order valence-corrected chi connectivity index (χ0v) is 11.8. The highest BCUT2D eigenvalue weighted by Crippen LogP contribution is 2.23. The monoisotopic (exact) mass is 237 g/mol. The molecule has 1 saturated heterocycles. The summed E-state index contributed by atoms with van der Waals surface area (Å²) in [5.41, 5.74) is -0.320. The first kappa shape index (κ1) is 14.5. The number of hydrogen-bond donors (Lipinski definition) is 1. The van der Waals surface area contributed by atoms with Gasteiger partial charge in [0.2, 0.25) is 0 Å². The number of rotatable bonds is 5. The van der Waals surface area contributed by atoms with Crippen LogP contribution in [0, 0.1) is 11.3 Å². The lowest BCUT2D eigenvalue weighted by Crippen LogP contribution is -2.54. The molecule has 1 N–H and O–H groups in total. The first-order valence-corrected chi connectivity index (χ1v) is 6.84. The summed E-state index contributed by atoms with van der Waals surface area (Å²) in [4.78, 5) is 2.43. The third-order valence-electron chi connectivity index (χ3n) is 3.25. The van der Waals surface area contributed by atoms with Crippen LogP contribution in [0.3, 0.4) is 0 Å². The summed E-state index contributed by atoms with van der Waals surface area (Å²) in [5.74, 6) is 0. The van der Waals surface area contributed by atoms with Crippen molar-refractivity contribution < 1.29 is 0 Å². The molecule has 1 fully saturated rings. The molecule has 0 aromatic rings. The Bertz CT molecular complexity index is 274. The number of likely N-dealkylation sites (tertiary alicyclic amines) is 1. The van der Waals surface area contributed by atoms with Gasteiger partial charge in [-0.15, -0.1) is 0 Å². The maximum absolute atomic E-state index is 9.43. The molecule has 1 unspecified atom stereocenters. The molecule has 1 aliphatic heterocycles. The number of nitrogens with one attached hydrogen (secondary N) is 1. The number of nitrogens with zero attached hydrogens (tertiary/aromatic N) is 2. The van der Waals surface area contributed by atoms with Crippen molar-refractivity contribution in [1.29, 1.82) is 5.26 Å². The SMILES string of the molecule is CCCCCN1CCC(C#N)(NC(C)(C)C)C1. The highest BCUT2D eigenvalue weighted by Gasteiger charge is 2.40. The van der Waals surface area contributed by atoms with Crippen molar-refractivity contribution in [2.45, 2.75) is 64.5 Å². The molecule has 98 valence electrons. The average Bonchev–Trinajstić information content (AvgIpc) is 2.60. The van der Waals surface area contributed by atoms with Crippen LogP contribution in [0.2, 0.25) is 0 Å². The maximum atomic E-state index is 9.43. The van der Waals surface area contributed by atoms with Gasteiger partial charge in [-0.25, -0.2) is 0 Å². The van der Waals surface area contributed by atoms with Crippen LogP contribution < -0.4 is 5.32 Å². The summed E-state index contributed by atoms with van der Waals surface area (Å²) < 4.78 is 0. The van der Waals surface area contributed by atoms with Crippen molar-refractivity contribution in [3.63, 3.8) is 0 Å². The Morgan fingerprint density at radius 3 is 2.59 bits per heavy atom. The molecule has 0 aliphatic carbocycles. The first-order valence-electron chi connectivity index (χ1n) is 6.84. The Morgan fingerprint density at radius 2 is 2.06 bits per heavy atom. The third-order valence-corrected chi connectivity index (χ3v) is 3.25. The number of nitriles is 1. The maximum Gasteiger partial charge on any atom is 0.121 e. The van der Waals surface area contributed by atoms with Gasteiger partial charge in [-0.3, -0.25) is 5.32 Å². The molecule has 0 amide bonds. The van der Waals surface area contributed by atoms with Gasteiger partial charge in [0.15, 0.2) is 0 Å². The second-order valence-electron chi connectivity index (χ2n) is 6.30. The Hall–Kier alpha value is -0.590. The predicted octanol–water partition coefficient (Wildman–Crippen LogP) is 2.53. The van der Waals surface area contributed by atoms with Crippen molar-refractivity contribution in [2.75, 3.05) is 19.6 Å². The zero-order chi connectivity index (χ0) is 12.9. The second-order valence-corrected chi connectivity index (χ2v) is 6.30. The van der Waals surface area contributed by atoms with E-state index in [-0.39, 0.29) is 11.1 Å². The predicted molar refractivity (Wildman–Crippen MR) is 71.8 cm³/mol. The van der Waals surface area contributed by atoms with Crippen molar-refractivity contribution >= 4 is 0 Å². The number of hydrogen-bond acceptors (Lipinski definition) is 3. The van der Waals surface area contributed by atoms with Gasteiger partial charge < -0.3 is 4.90 Å². The van der Waals surface area contributed by atoms with Crippen molar-refractivity contribution in [3.05, 3.63) is 0 Å². The smallest absolute Gasteiger partial charge is 0.121 e. The lowest BCUT2D eigenvalue weighted by Gasteiger charge is -2.32. The van der Waals surface area contributed by atoms with Crippen LogP contribution in [0.25, 0.3) is 0 Å². The van der Waals surface area contributed by atoms with Crippen molar-refractivity contribution in [1.82, 2.24) is 10.2 Å². The molecule has 0 bridgehead atoms. The van der Waals surface area contributed by atoms with Gasteiger partial charge in [-0.05, 0) is 40.2 Å². The fraction of sp³-hybridized carbons (Fsp3) is 0.929. The molecule has 1 atom stereocenters. The van der Waals surface area contributed by atoms with Crippen LogP contribution in [-0.4, -0.2) is 35.6 Å². The van der Waals surface area contributed by atoms with E-state index in [1.807, 2.05) is 0 Å². The van der Waals surface area contributed by atoms with Gasteiger partial charge in [-0.2, -0.15) is 5.26 Å². The van der Waals surface area contributed by atoms with E-state index in [0.29, 0.717) is 0 Å². The molecule has 3 nitrogen and oxygen atoms in total. The lowest BCUT2D eigenvalue weighted by atomic mass is 9.95. The summed E-state index contributed by atoms with van der Waals surface area (Å²) in [5, 5.41) is 12.9. The number of unbranched alkanes of at least 4 members (excludes halogenated alkanes) is 2. The van der Waals surface area contributed by atoms with Gasteiger partial charge in [0.25, 0.3) is 0 Å². The molecule has 0 spiro atoms. The van der Waals surface area contributed by atoms with Gasteiger partial charge >= 0.3 is 0 Å². The van der Waals surface area contributed by atoms with Crippen LogP contribution in [0.15, 0.2) is 0 Å². The van der Waals surface area contributed by atoms with Gasteiger partial charge in [-0.1, -0.05) is 19.8 Å². The Balaban J connectivity index is 2.47. The van der Waals surface area contributed by atoms with Crippen molar-refractivity contribution in [2.24, 2.45) is 0 Å². The zero-order valence-electron chi connectivity index (χ0n) is 11.8. The molecule has 1 aliphatic rings. The van der Waals surface area contributed by atoms with Crippen LogP contribution in [-0.2, 0) is 0 Å². The molecule has 0 aromatic heterocycles. The van der Waals surface area contributed by atoms with Gasteiger partial charge in [0.05, 0.1) is 6.07 Å². The summed E-state index contributed by atoms with van der Waals surface area (Å²) in [6.07, 6.45) is 4.76. The van der Waals surface area contributed by atoms with Gasteiger partial charge in [0.1, 0.15) is 5.54 Å². The molecule has 3 heteroatoms. The van der Waals surface area contributed by atoms with E-state index in [2.05, 4.69) is 44.0 Å². The van der Waals surface area contributed by atoms with E-state index in [4.69, 9.17) is 0 Å². The first-order chi connectivity index (χ1) is 7.91. The van der Waals surface area contributed by atoms with Crippen LogP contribution in [0.1, 0.15) is 53.4 Å². The molecule has 0 radical (unpaired) electrons. The van der Waals surface area contributed by atoms with Crippen molar-refractivity contribution in [3.8, 4) is 6.07 Å². The molecule has 1 heterocycles. The molecule has 1 rings (SSSR count). The van der Waals surface area contributed by atoms with E-state index in [1.165, 1.54) is 19.3 Å². The minimum absolute atomic E-state index is 0.00909. The fourth-order valence-electron chi connectivity index (χ4n) is 2.60. The van der Waals surface area contributed by atoms with E-state index in [9.17, 15) is 5.26 Å². The summed E-state index contributed by atoms with van der Waals surface area (Å²) >= 11 is 0. The molecule has 0 saturated carbocycles. The Morgan fingerprint density at radius 1 is 1.35 bits per heavy atom. The largest absolute Gasteiger partial charge is 0.300 e. The highest BCUT2D eigenvalue weighted by molar-refractivity contribution is 5.14. The molecule has 17 heavy (non-hydrogen) atoms. The minimum Gasteiger partial charge on any atom is -0.300 e. The molecule has 0 aromatic carbocycles. The highest BCUT2D eigenvalue weighted by atomic mass is 15.2. The average molecular weight is 237 g/mol. The lowest BCUT2D eigenvalue weighted by molar-refractivity contribution is 0.270. The minimum atomic E-state index is -0.329.